The first-order valence-corrected chi connectivity index (χ1v) is 8.75. The second-order valence-electron chi connectivity index (χ2n) is 5.46. The summed E-state index contributed by atoms with van der Waals surface area (Å²) in [6.07, 6.45) is -4.65. The predicted octanol–water partition coefficient (Wildman–Crippen LogP) is 3.45. The number of carbonyl (C=O) groups is 1. The van der Waals surface area contributed by atoms with E-state index in [0.29, 0.717) is 27.8 Å². The van der Waals surface area contributed by atoms with E-state index in [1.807, 2.05) is 0 Å². The normalized spacial score (nSPS) is 16.0. The van der Waals surface area contributed by atoms with Crippen molar-refractivity contribution in [3.63, 3.8) is 0 Å². The number of carbonyl (C=O) groups excluding carboxylic acids is 1. The van der Waals surface area contributed by atoms with E-state index in [1.54, 1.807) is 24.3 Å². The summed E-state index contributed by atoms with van der Waals surface area (Å²) in [4.78, 5) is 11.8. The molecule has 2 aromatic carbocycles. The van der Waals surface area contributed by atoms with Crippen molar-refractivity contribution < 1.29 is 31.1 Å². The number of ether oxygens (including phenoxy) is 1. The summed E-state index contributed by atoms with van der Waals surface area (Å²) in [6, 6.07) is 7.58. The zero-order valence-electron chi connectivity index (χ0n) is 13.4. The van der Waals surface area contributed by atoms with Crippen LogP contribution in [0.5, 0.6) is 5.75 Å². The van der Waals surface area contributed by atoms with Crippen LogP contribution in [0.25, 0.3) is 0 Å². The number of fused-ring (bicyclic) bond motifs is 1. The van der Waals surface area contributed by atoms with E-state index in [1.165, 1.54) is 7.11 Å². The van der Waals surface area contributed by atoms with Crippen LogP contribution in [0.4, 0.5) is 23.7 Å². The zero-order chi connectivity index (χ0) is 19.1. The largest absolute Gasteiger partial charge is 0.496 e. The number of para-hydroxylation sites is 1. The molecule has 2 amide bonds. The molecule has 0 saturated heterocycles. The van der Waals surface area contributed by atoms with Crippen molar-refractivity contribution >= 4 is 21.7 Å². The van der Waals surface area contributed by atoms with Crippen molar-refractivity contribution in [2.45, 2.75) is 17.6 Å². The Morgan fingerprint density at radius 3 is 2.50 bits per heavy atom. The lowest BCUT2D eigenvalue weighted by Gasteiger charge is -2.29. The van der Waals surface area contributed by atoms with Crippen LogP contribution in [-0.4, -0.2) is 25.9 Å². The van der Waals surface area contributed by atoms with Crippen molar-refractivity contribution in [1.29, 1.82) is 0 Å². The number of anilines is 1. The van der Waals surface area contributed by atoms with Crippen LogP contribution in [0, 0.1) is 0 Å². The lowest BCUT2D eigenvalue weighted by Crippen LogP contribution is -2.43. The van der Waals surface area contributed by atoms with Crippen LogP contribution in [0.15, 0.2) is 47.4 Å². The standard InChI is InChI=1S/C16H13F3N2O4S/c1-25-13-5-3-2-4-10(13)9-21-15(22)20-12-8-11(16(17,18)19)6-7-14(12)26(21,23)24/h2-8H,9H2,1H3,(H,20,22). The van der Waals surface area contributed by atoms with E-state index in [9.17, 15) is 26.4 Å². The molecule has 10 heteroatoms. The van der Waals surface area contributed by atoms with E-state index < -0.39 is 38.4 Å². The highest BCUT2D eigenvalue weighted by Crippen LogP contribution is 2.37. The van der Waals surface area contributed by atoms with Gasteiger partial charge in [-0.15, -0.1) is 0 Å². The highest BCUT2D eigenvalue weighted by atomic mass is 32.2. The monoisotopic (exact) mass is 386 g/mol. The molecule has 1 N–H and O–H groups in total. The van der Waals surface area contributed by atoms with E-state index in [4.69, 9.17) is 4.74 Å². The Balaban J connectivity index is 2.03. The first-order chi connectivity index (χ1) is 12.1. The Morgan fingerprint density at radius 2 is 1.85 bits per heavy atom. The van der Waals surface area contributed by atoms with Crippen LogP contribution >= 0.6 is 0 Å². The van der Waals surface area contributed by atoms with Crippen LogP contribution < -0.4 is 10.1 Å². The van der Waals surface area contributed by atoms with Gasteiger partial charge in [-0.25, -0.2) is 17.5 Å². The maximum Gasteiger partial charge on any atom is 0.416 e. The Labute approximate surface area is 147 Å². The van der Waals surface area contributed by atoms with Crippen molar-refractivity contribution in [2.75, 3.05) is 12.4 Å². The summed E-state index contributed by atoms with van der Waals surface area (Å²) < 4.78 is 69.6. The maximum atomic E-state index is 12.8. The molecule has 1 aliphatic heterocycles. The molecule has 138 valence electrons. The minimum Gasteiger partial charge on any atom is -0.496 e. The average molecular weight is 386 g/mol. The number of sulfonamides is 1. The van der Waals surface area contributed by atoms with Crippen molar-refractivity contribution in [3.05, 3.63) is 53.6 Å². The van der Waals surface area contributed by atoms with Gasteiger partial charge in [-0.1, -0.05) is 18.2 Å². The number of urea groups is 1. The van der Waals surface area contributed by atoms with Gasteiger partial charge in [0.2, 0.25) is 0 Å². The number of alkyl halides is 3. The summed E-state index contributed by atoms with van der Waals surface area (Å²) in [5, 5.41) is 2.20. The number of halogens is 3. The fourth-order valence-electron chi connectivity index (χ4n) is 2.58. The molecule has 6 nitrogen and oxygen atoms in total. The minimum absolute atomic E-state index is 0.321. The number of hydrogen-bond donors (Lipinski definition) is 1. The molecule has 0 atom stereocenters. The van der Waals surface area contributed by atoms with E-state index >= 15 is 0 Å². The van der Waals surface area contributed by atoms with Crippen LogP contribution in [0.3, 0.4) is 0 Å². The fraction of sp³-hybridized carbons (Fsp3) is 0.188. The average Bonchev–Trinajstić information content (AvgIpc) is 2.57. The molecule has 0 bridgehead atoms. The van der Waals surface area contributed by atoms with Gasteiger partial charge < -0.3 is 10.1 Å². The summed E-state index contributed by atoms with van der Waals surface area (Å²) >= 11 is 0. The van der Waals surface area contributed by atoms with E-state index in [2.05, 4.69) is 5.32 Å². The third-order valence-corrected chi connectivity index (χ3v) is 5.64. The first kappa shape index (κ1) is 18.1. The van der Waals surface area contributed by atoms with E-state index in [0.717, 1.165) is 6.07 Å². The molecule has 26 heavy (non-hydrogen) atoms. The molecule has 3 rings (SSSR count). The Kier molecular flexibility index (Phi) is 4.31. The summed E-state index contributed by atoms with van der Waals surface area (Å²) in [7, 11) is -2.92. The lowest BCUT2D eigenvalue weighted by atomic mass is 10.2. The molecule has 1 heterocycles. The van der Waals surface area contributed by atoms with Crippen LogP contribution in [0.1, 0.15) is 11.1 Å². The highest BCUT2D eigenvalue weighted by Gasteiger charge is 2.39. The van der Waals surface area contributed by atoms with Gasteiger partial charge in [0.15, 0.2) is 0 Å². The number of benzene rings is 2. The van der Waals surface area contributed by atoms with Gasteiger partial charge in [-0.2, -0.15) is 13.2 Å². The van der Waals surface area contributed by atoms with Crippen LogP contribution in [-0.2, 0) is 22.7 Å². The second-order valence-corrected chi connectivity index (χ2v) is 7.29. The Morgan fingerprint density at radius 1 is 1.15 bits per heavy atom. The SMILES string of the molecule is COc1ccccc1CN1C(=O)Nc2cc(C(F)(F)F)ccc2S1(=O)=O. The number of amides is 2. The summed E-state index contributed by atoms with van der Waals surface area (Å²) in [5.74, 6) is 0.383. The summed E-state index contributed by atoms with van der Waals surface area (Å²) in [5.41, 5.74) is -1.02. The third kappa shape index (κ3) is 3.07. The van der Waals surface area contributed by atoms with Gasteiger partial charge in [-0.3, -0.25) is 0 Å². The van der Waals surface area contributed by atoms with E-state index in [-0.39, 0.29) is 6.54 Å². The number of hydrogen-bond acceptors (Lipinski definition) is 4. The minimum atomic E-state index is -4.65. The maximum absolute atomic E-state index is 12.8. The molecule has 0 spiro atoms. The molecule has 0 radical (unpaired) electrons. The predicted molar refractivity (Wildman–Crippen MR) is 86.2 cm³/mol. The topological polar surface area (TPSA) is 75.7 Å². The molecular formula is C16H13F3N2O4S. The molecule has 0 unspecified atom stereocenters. The number of nitrogens with one attached hydrogen (secondary N) is 1. The zero-order valence-corrected chi connectivity index (χ0v) is 14.2. The highest BCUT2D eigenvalue weighted by molar-refractivity contribution is 7.90. The van der Waals surface area contributed by atoms with Gasteiger partial charge in [0, 0.05) is 5.56 Å². The molecule has 0 aromatic heterocycles. The van der Waals surface area contributed by atoms with Gasteiger partial charge in [-0.05, 0) is 24.3 Å². The van der Waals surface area contributed by atoms with Gasteiger partial charge in [0.1, 0.15) is 10.6 Å². The fourth-order valence-corrected chi connectivity index (χ4v) is 4.02. The van der Waals surface area contributed by atoms with Gasteiger partial charge >= 0.3 is 12.2 Å². The van der Waals surface area contributed by atoms with Gasteiger partial charge in [0.25, 0.3) is 10.0 Å². The van der Waals surface area contributed by atoms with Crippen molar-refractivity contribution in [2.24, 2.45) is 0 Å². The second kappa shape index (κ2) is 6.20. The molecule has 0 aliphatic carbocycles. The van der Waals surface area contributed by atoms with Gasteiger partial charge in [0.05, 0.1) is 24.9 Å². The summed E-state index contributed by atoms with van der Waals surface area (Å²) in [6.45, 7) is -0.321. The molecule has 0 saturated carbocycles. The molecule has 0 fully saturated rings. The van der Waals surface area contributed by atoms with Crippen LogP contribution in [0.2, 0.25) is 0 Å². The molecular weight excluding hydrogens is 373 g/mol. The first-order valence-electron chi connectivity index (χ1n) is 7.31. The Hall–Kier alpha value is -2.75. The lowest BCUT2D eigenvalue weighted by molar-refractivity contribution is -0.137. The van der Waals surface area contributed by atoms with Crippen molar-refractivity contribution in [3.8, 4) is 5.75 Å². The number of rotatable bonds is 3. The smallest absolute Gasteiger partial charge is 0.416 e. The third-order valence-electron chi connectivity index (χ3n) is 3.85. The molecule has 2 aromatic rings. The quantitative estimate of drug-likeness (QED) is 0.877. The Bertz CT molecular complexity index is 974. The van der Waals surface area contributed by atoms with Crippen molar-refractivity contribution in [1.82, 2.24) is 4.31 Å². The number of nitrogens with zero attached hydrogens (tertiary/aromatic N) is 1. The molecule has 1 aliphatic rings. The number of methoxy groups -OCH3 is 1.